The number of nitrogens with two attached hydrogens (primary N) is 1. The maximum atomic E-state index is 12.8. The molecule has 2 N–H and O–H groups in total. The molecule has 6 nitrogen and oxygen atoms in total. The summed E-state index contributed by atoms with van der Waals surface area (Å²) in [4.78, 5) is 21.3. The van der Waals surface area contributed by atoms with Gasteiger partial charge in [0.1, 0.15) is 6.33 Å². The first-order valence-corrected chi connectivity index (χ1v) is 6.86. The molecule has 0 atom stereocenters. The van der Waals surface area contributed by atoms with E-state index in [9.17, 15) is 4.79 Å². The van der Waals surface area contributed by atoms with E-state index in [4.69, 9.17) is 5.73 Å². The minimum atomic E-state index is -0.198. The van der Waals surface area contributed by atoms with E-state index >= 15 is 0 Å². The van der Waals surface area contributed by atoms with Crippen LogP contribution in [0.5, 0.6) is 0 Å². The number of pyridine rings is 1. The Kier molecular flexibility index (Phi) is 2.50. The molecule has 0 radical (unpaired) electrons. The van der Waals surface area contributed by atoms with Gasteiger partial charge in [-0.1, -0.05) is 18.2 Å². The zero-order chi connectivity index (χ0) is 14.4. The van der Waals surface area contributed by atoms with E-state index in [1.165, 1.54) is 11.0 Å². The van der Waals surface area contributed by atoms with Crippen LogP contribution in [0.3, 0.4) is 0 Å². The Balaban J connectivity index is 2.01. The molecule has 104 valence electrons. The Hall–Kier alpha value is -2.76. The van der Waals surface area contributed by atoms with E-state index in [0.29, 0.717) is 5.56 Å². The van der Waals surface area contributed by atoms with Gasteiger partial charge in [-0.3, -0.25) is 9.78 Å². The van der Waals surface area contributed by atoms with Crippen molar-refractivity contribution in [3.05, 3.63) is 47.4 Å². The topological polar surface area (TPSA) is 86.7 Å². The summed E-state index contributed by atoms with van der Waals surface area (Å²) >= 11 is 0. The number of anilines is 1. The number of nitrogens with zero attached hydrogens (tertiary/aromatic N) is 4. The molecule has 2 heterocycles. The molecule has 21 heavy (non-hydrogen) atoms. The van der Waals surface area contributed by atoms with E-state index in [1.54, 1.807) is 0 Å². The number of carbonyl (C=O) groups excluding carboxylic acids is 1. The molecule has 0 unspecified atom stereocenters. The van der Waals surface area contributed by atoms with Gasteiger partial charge in [-0.05, 0) is 30.9 Å². The van der Waals surface area contributed by atoms with E-state index in [2.05, 4.69) is 15.1 Å². The lowest BCUT2D eigenvalue weighted by Gasteiger charge is -2.10. The predicted molar refractivity (Wildman–Crippen MR) is 77.9 cm³/mol. The summed E-state index contributed by atoms with van der Waals surface area (Å²) in [5, 5.41) is 4.79. The van der Waals surface area contributed by atoms with Crippen molar-refractivity contribution in [1.82, 2.24) is 19.7 Å². The summed E-state index contributed by atoms with van der Waals surface area (Å²) < 4.78 is 1.20. The summed E-state index contributed by atoms with van der Waals surface area (Å²) in [5.41, 5.74) is 9.09. The van der Waals surface area contributed by atoms with Gasteiger partial charge >= 0.3 is 0 Å². The fourth-order valence-corrected chi connectivity index (χ4v) is 2.94. The average molecular weight is 279 g/mol. The SMILES string of the molecule is Nc1ncn(C(=O)c2c3c(nc4ccccc24)CCC3)n1. The van der Waals surface area contributed by atoms with E-state index < -0.39 is 0 Å². The van der Waals surface area contributed by atoms with Crippen molar-refractivity contribution in [3.63, 3.8) is 0 Å². The van der Waals surface area contributed by atoms with Gasteiger partial charge in [-0.15, -0.1) is 5.10 Å². The number of hydrogen-bond acceptors (Lipinski definition) is 5. The zero-order valence-electron chi connectivity index (χ0n) is 11.3. The van der Waals surface area contributed by atoms with Crippen molar-refractivity contribution in [2.24, 2.45) is 0 Å². The van der Waals surface area contributed by atoms with Crippen molar-refractivity contribution in [1.29, 1.82) is 0 Å². The minimum absolute atomic E-state index is 0.0957. The maximum absolute atomic E-state index is 12.8. The number of nitrogen functional groups attached to an aromatic ring is 1. The highest BCUT2D eigenvalue weighted by Gasteiger charge is 2.25. The molecular weight excluding hydrogens is 266 g/mol. The molecule has 0 fully saturated rings. The van der Waals surface area contributed by atoms with Crippen LogP contribution in [0.25, 0.3) is 10.9 Å². The van der Waals surface area contributed by atoms with Gasteiger partial charge in [0.25, 0.3) is 5.91 Å². The molecule has 0 saturated heterocycles. The highest BCUT2D eigenvalue weighted by atomic mass is 16.2. The Bertz CT molecular complexity index is 868. The molecule has 1 aromatic carbocycles. The van der Waals surface area contributed by atoms with Crippen LogP contribution < -0.4 is 5.73 Å². The van der Waals surface area contributed by atoms with Crippen LogP contribution in [-0.4, -0.2) is 25.7 Å². The third kappa shape index (κ3) is 1.79. The van der Waals surface area contributed by atoms with Crippen LogP contribution in [-0.2, 0) is 12.8 Å². The molecule has 0 aliphatic heterocycles. The number of hydrogen-bond donors (Lipinski definition) is 1. The Labute approximate surface area is 120 Å². The predicted octanol–water partition coefficient (Wildman–Crippen LogP) is 1.59. The summed E-state index contributed by atoms with van der Waals surface area (Å²) in [5.74, 6) is -0.102. The van der Waals surface area contributed by atoms with Gasteiger partial charge in [-0.2, -0.15) is 4.68 Å². The van der Waals surface area contributed by atoms with Crippen molar-refractivity contribution < 1.29 is 4.79 Å². The van der Waals surface area contributed by atoms with Gasteiger partial charge < -0.3 is 5.73 Å². The molecule has 0 bridgehead atoms. The van der Waals surface area contributed by atoms with Gasteiger partial charge in [0, 0.05) is 11.1 Å². The molecule has 1 aliphatic carbocycles. The van der Waals surface area contributed by atoms with Crippen LogP contribution >= 0.6 is 0 Å². The van der Waals surface area contributed by atoms with Crippen LogP contribution in [0.15, 0.2) is 30.6 Å². The van der Waals surface area contributed by atoms with Crippen LogP contribution in [0.2, 0.25) is 0 Å². The normalized spacial score (nSPS) is 13.5. The highest BCUT2D eigenvalue weighted by molar-refractivity contribution is 6.08. The highest BCUT2D eigenvalue weighted by Crippen LogP contribution is 2.30. The van der Waals surface area contributed by atoms with Crippen LogP contribution in [0.4, 0.5) is 5.95 Å². The number of aromatic nitrogens is 4. The van der Waals surface area contributed by atoms with Crippen molar-refractivity contribution in [2.75, 3.05) is 5.73 Å². The Morgan fingerprint density at radius 1 is 1.24 bits per heavy atom. The monoisotopic (exact) mass is 279 g/mol. The average Bonchev–Trinajstić information content (AvgIpc) is 3.12. The molecule has 1 aliphatic rings. The van der Waals surface area contributed by atoms with E-state index in [1.807, 2.05) is 24.3 Å². The van der Waals surface area contributed by atoms with E-state index in [-0.39, 0.29) is 11.9 Å². The zero-order valence-corrected chi connectivity index (χ0v) is 11.3. The van der Waals surface area contributed by atoms with Gasteiger partial charge in [0.15, 0.2) is 0 Å². The lowest BCUT2D eigenvalue weighted by molar-refractivity contribution is 0.0945. The van der Waals surface area contributed by atoms with Crippen LogP contribution in [0, 0.1) is 0 Å². The number of fused-ring (bicyclic) bond motifs is 2. The standard InChI is InChI=1S/C15H13N5O/c16-15-17-8-20(19-15)14(21)13-9-4-1-2-6-11(9)18-12-7-3-5-10(12)13/h1-2,4,6,8H,3,5,7H2,(H2,16,19). The summed E-state index contributed by atoms with van der Waals surface area (Å²) in [6.45, 7) is 0. The number of aryl methyl sites for hydroxylation is 1. The molecule has 6 heteroatoms. The number of rotatable bonds is 1. The Morgan fingerprint density at radius 3 is 2.90 bits per heavy atom. The Morgan fingerprint density at radius 2 is 2.10 bits per heavy atom. The first kappa shape index (κ1) is 12.0. The molecule has 0 amide bonds. The molecule has 3 aromatic rings. The maximum Gasteiger partial charge on any atom is 0.280 e. The lowest BCUT2D eigenvalue weighted by Crippen LogP contribution is -2.16. The number of benzene rings is 1. The third-order valence-corrected chi connectivity index (χ3v) is 3.85. The largest absolute Gasteiger partial charge is 0.366 e. The van der Waals surface area contributed by atoms with Gasteiger partial charge in [0.2, 0.25) is 5.95 Å². The molecule has 0 spiro atoms. The smallest absolute Gasteiger partial charge is 0.280 e. The second-order valence-electron chi connectivity index (χ2n) is 5.14. The molecular formula is C15H13N5O. The van der Waals surface area contributed by atoms with Crippen molar-refractivity contribution >= 4 is 22.8 Å². The second kappa shape index (κ2) is 4.37. The van der Waals surface area contributed by atoms with Crippen molar-refractivity contribution in [2.45, 2.75) is 19.3 Å². The third-order valence-electron chi connectivity index (χ3n) is 3.85. The summed E-state index contributed by atoms with van der Waals surface area (Å²) in [6, 6.07) is 7.70. The molecule has 4 rings (SSSR count). The van der Waals surface area contributed by atoms with E-state index in [0.717, 1.165) is 41.4 Å². The van der Waals surface area contributed by atoms with Crippen molar-refractivity contribution in [3.8, 4) is 0 Å². The number of carbonyl (C=O) groups is 1. The fourth-order valence-electron chi connectivity index (χ4n) is 2.94. The number of para-hydroxylation sites is 1. The van der Waals surface area contributed by atoms with Gasteiger partial charge in [0.05, 0.1) is 11.1 Å². The fraction of sp³-hybridized carbons (Fsp3) is 0.200. The lowest BCUT2D eigenvalue weighted by atomic mass is 10.0. The van der Waals surface area contributed by atoms with Gasteiger partial charge in [-0.25, -0.2) is 4.98 Å². The molecule has 2 aromatic heterocycles. The minimum Gasteiger partial charge on any atom is -0.366 e. The second-order valence-corrected chi connectivity index (χ2v) is 5.14. The summed E-state index contributed by atoms with van der Waals surface area (Å²) in [6.07, 6.45) is 4.17. The first-order chi connectivity index (χ1) is 10.2. The van der Waals surface area contributed by atoms with Crippen LogP contribution in [0.1, 0.15) is 28.0 Å². The summed E-state index contributed by atoms with van der Waals surface area (Å²) in [7, 11) is 0. The quantitative estimate of drug-likeness (QED) is 0.731. The first-order valence-electron chi connectivity index (χ1n) is 6.86. The molecule has 0 saturated carbocycles.